The molecule has 1 aliphatic carbocycles. The van der Waals surface area contributed by atoms with Crippen molar-refractivity contribution in [1.82, 2.24) is 4.98 Å². The number of para-hydroxylation sites is 1. The molecule has 8 aromatic rings. The quantitative estimate of drug-likeness (QED) is 0.204. The molecule has 0 N–H and O–H groups in total. The minimum absolute atomic E-state index is 0.104. The van der Waals surface area contributed by atoms with Crippen LogP contribution in [-0.2, 0) is 5.41 Å². The van der Waals surface area contributed by atoms with Gasteiger partial charge in [-0.25, -0.2) is 4.98 Å². The summed E-state index contributed by atoms with van der Waals surface area (Å²) >= 11 is 0. The highest BCUT2D eigenvalue weighted by Gasteiger charge is 2.37. The Morgan fingerprint density at radius 3 is 1.89 bits per heavy atom. The van der Waals surface area contributed by atoms with Gasteiger partial charge in [0.2, 0.25) is 0 Å². The summed E-state index contributed by atoms with van der Waals surface area (Å²) in [5.41, 5.74) is 15.9. The number of furan rings is 1. The normalized spacial score (nSPS) is 13.2. The zero-order valence-corrected chi connectivity index (χ0v) is 25.8. The Morgan fingerprint density at radius 1 is 0.457 bits per heavy atom. The summed E-state index contributed by atoms with van der Waals surface area (Å²) in [6, 6.07) is 54.0. The van der Waals surface area contributed by atoms with Crippen LogP contribution in [0.1, 0.15) is 25.0 Å². The van der Waals surface area contributed by atoms with Crippen LogP contribution in [-0.4, -0.2) is 4.98 Å². The van der Waals surface area contributed by atoms with Gasteiger partial charge in [-0.05, 0) is 80.9 Å². The predicted octanol–water partition coefficient (Wildman–Crippen LogP) is 12.0. The van der Waals surface area contributed by atoms with E-state index in [4.69, 9.17) is 9.40 Å². The van der Waals surface area contributed by atoms with Crippen molar-refractivity contribution in [3.8, 4) is 55.9 Å². The molecule has 0 bridgehead atoms. The van der Waals surface area contributed by atoms with Crippen LogP contribution in [0.5, 0.6) is 0 Å². The Hall–Kier alpha value is -5.73. The zero-order chi connectivity index (χ0) is 30.8. The second-order valence-corrected chi connectivity index (χ2v) is 12.8. The number of benzene rings is 6. The van der Waals surface area contributed by atoms with Crippen molar-refractivity contribution in [3.05, 3.63) is 163 Å². The second-order valence-electron chi connectivity index (χ2n) is 12.8. The van der Waals surface area contributed by atoms with Crippen LogP contribution in [0.25, 0.3) is 77.8 Å². The molecule has 2 heteroatoms. The van der Waals surface area contributed by atoms with E-state index in [0.29, 0.717) is 0 Å². The second kappa shape index (κ2) is 10.2. The van der Waals surface area contributed by atoms with E-state index in [9.17, 15) is 0 Å². The van der Waals surface area contributed by atoms with Crippen molar-refractivity contribution in [2.75, 3.05) is 0 Å². The number of hydrogen-bond donors (Lipinski definition) is 0. The van der Waals surface area contributed by atoms with Crippen LogP contribution in [0.2, 0.25) is 0 Å². The minimum Gasteiger partial charge on any atom is -0.456 e. The van der Waals surface area contributed by atoms with Crippen LogP contribution in [0.3, 0.4) is 0 Å². The summed E-state index contributed by atoms with van der Waals surface area (Å²) in [6.45, 7) is 4.67. The smallest absolute Gasteiger partial charge is 0.136 e. The number of pyridine rings is 1. The molecule has 0 fully saturated rings. The lowest BCUT2D eigenvalue weighted by Gasteiger charge is -2.21. The van der Waals surface area contributed by atoms with E-state index >= 15 is 0 Å². The fourth-order valence-electron chi connectivity index (χ4n) is 7.33. The topological polar surface area (TPSA) is 26.0 Å². The SMILES string of the molecule is CC1(C)c2ccc(-c3cccc(-c4cc(-c5ccccc5)cc(-c5ccccc5)n4)c3)cc2-c2c1ccc1oc3ccccc3c21. The van der Waals surface area contributed by atoms with Gasteiger partial charge in [-0.3, -0.25) is 0 Å². The molecule has 0 amide bonds. The molecule has 0 atom stereocenters. The molecular formula is C44H31NO. The molecule has 0 aliphatic heterocycles. The highest BCUT2D eigenvalue weighted by Crippen LogP contribution is 2.53. The summed E-state index contributed by atoms with van der Waals surface area (Å²) < 4.78 is 6.32. The number of aromatic nitrogens is 1. The lowest BCUT2D eigenvalue weighted by molar-refractivity contribution is 0.656. The third-order valence-corrected chi connectivity index (χ3v) is 9.67. The third-order valence-electron chi connectivity index (χ3n) is 9.67. The van der Waals surface area contributed by atoms with Crippen LogP contribution in [0.15, 0.2) is 156 Å². The van der Waals surface area contributed by atoms with Gasteiger partial charge in [-0.1, -0.05) is 129 Å². The summed E-state index contributed by atoms with van der Waals surface area (Å²) in [5, 5.41) is 2.38. The van der Waals surface area contributed by atoms with Gasteiger partial charge in [0.25, 0.3) is 0 Å². The van der Waals surface area contributed by atoms with Gasteiger partial charge in [0, 0.05) is 27.3 Å². The van der Waals surface area contributed by atoms with Gasteiger partial charge in [-0.15, -0.1) is 0 Å². The molecule has 6 aromatic carbocycles. The highest BCUT2D eigenvalue weighted by atomic mass is 16.3. The molecule has 2 nitrogen and oxygen atoms in total. The predicted molar refractivity (Wildman–Crippen MR) is 191 cm³/mol. The fourth-order valence-corrected chi connectivity index (χ4v) is 7.33. The van der Waals surface area contributed by atoms with Crippen molar-refractivity contribution in [2.45, 2.75) is 19.3 Å². The first-order chi connectivity index (χ1) is 22.5. The lowest BCUT2D eigenvalue weighted by Crippen LogP contribution is -2.14. The maximum Gasteiger partial charge on any atom is 0.136 e. The molecule has 46 heavy (non-hydrogen) atoms. The van der Waals surface area contributed by atoms with Gasteiger partial charge < -0.3 is 4.42 Å². The Kier molecular flexibility index (Phi) is 5.88. The number of nitrogens with zero attached hydrogens (tertiary/aromatic N) is 1. The molecule has 1 aliphatic rings. The molecule has 0 spiro atoms. The van der Waals surface area contributed by atoms with E-state index in [1.54, 1.807) is 0 Å². The molecule has 0 unspecified atom stereocenters. The van der Waals surface area contributed by atoms with Gasteiger partial charge in [0.05, 0.1) is 11.4 Å². The average Bonchev–Trinajstić information content (AvgIpc) is 3.60. The standard InChI is InChI=1S/C44H31NO/c1-44(2)36-21-20-31(25-35(36)42-37(44)22-23-41-43(42)34-18-9-10-19-40(34)46-41)30-16-11-17-32(24-30)39-27-33(28-12-5-3-6-13-28)26-38(45-39)29-14-7-4-8-15-29/h3-27H,1-2H3. The van der Waals surface area contributed by atoms with Gasteiger partial charge in [0.15, 0.2) is 0 Å². The average molecular weight is 590 g/mol. The molecule has 0 saturated carbocycles. The Morgan fingerprint density at radius 2 is 1.09 bits per heavy atom. The van der Waals surface area contributed by atoms with Crippen molar-refractivity contribution in [1.29, 1.82) is 0 Å². The van der Waals surface area contributed by atoms with Crippen LogP contribution >= 0.6 is 0 Å². The maximum absolute atomic E-state index is 6.32. The van der Waals surface area contributed by atoms with E-state index in [1.807, 2.05) is 12.1 Å². The van der Waals surface area contributed by atoms with Crippen molar-refractivity contribution in [2.24, 2.45) is 0 Å². The fraction of sp³-hybridized carbons (Fsp3) is 0.0682. The van der Waals surface area contributed by atoms with E-state index in [0.717, 1.165) is 39.2 Å². The van der Waals surface area contributed by atoms with E-state index in [2.05, 4.69) is 153 Å². The highest BCUT2D eigenvalue weighted by molar-refractivity contribution is 6.15. The number of rotatable bonds is 4. The van der Waals surface area contributed by atoms with Gasteiger partial charge in [-0.2, -0.15) is 0 Å². The monoisotopic (exact) mass is 589 g/mol. The van der Waals surface area contributed by atoms with Crippen LogP contribution in [0.4, 0.5) is 0 Å². The Labute approximate surface area is 268 Å². The Bertz CT molecular complexity index is 2380. The first kappa shape index (κ1) is 26.7. The molecule has 0 saturated heterocycles. The van der Waals surface area contributed by atoms with Crippen molar-refractivity contribution in [3.63, 3.8) is 0 Å². The molecule has 9 rings (SSSR count). The molecule has 218 valence electrons. The third kappa shape index (κ3) is 4.14. The largest absolute Gasteiger partial charge is 0.456 e. The van der Waals surface area contributed by atoms with E-state index < -0.39 is 0 Å². The van der Waals surface area contributed by atoms with Crippen LogP contribution < -0.4 is 0 Å². The summed E-state index contributed by atoms with van der Waals surface area (Å²) in [7, 11) is 0. The van der Waals surface area contributed by atoms with Crippen molar-refractivity contribution >= 4 is 21.9 Å². The first-order valence-corrected chi connectivity index (χ1v) is 15.9. The van der Waals surface area contributed by atoms with Gasteiger partial charge in [0.1, 0.15) is 11.2 Å². The van der Waals surface area contributed by atoms with Crippen molar-refractivity contribution < 1.29 is 4.42 Å². The summed E-state index contributed by atoms with van der Waals surface area (Å²) in [5.74, 6) is 0. The van der Waals surface area contributed by atoms with Crippen LogP contribution in [0, 0.1) is 0 Å². The lowest BCUT2D eigenvalue weighted by atomic mass is 9.82. The summed E-state index contributed by atoms with van der Waals surface area (Å²) in [6.07, 6.45) is 0. The molecule has 2 aromatic heterocycles. The van der Waals surface area contributed by atoms with E-state index in [1.165, 1.54) is 49.7 Å². The van der Waals surface area contributed by atoms with E-state index in [-0.39, 0.29) is 5.41 Å². The summed E-state index contributed by atoms with van der Waals surface area (Å²) in [4.78, 5) is 5.19. The minimum atomic E-state index is -0.104. The van der Waals surface area contributed by atoms with Gasteiger partial charge >= 0.3 is 0 Å². The first-order valence-electron chi connectivity index (χ1n) is 15.9. The zero-order valence-electron chi connectivity index (χ0n) is 25.8. The molecular weight excluding hydrogens is 558 g/mol. The molecule has 0 radical (unpaired) electrons. The molecule has 2 heterocycles. The Balaban J connectivity index is 1.20. The number of hydrogen-bond acceptors (Lipinski definition) is 2. The maximum atomic E-state index is 6.32. The number of fused-ring (bicyclic) bond motifs is 7.